The second kappa shape index (κ2) is 8.43. The third kappa shape index (κ3) is 4.87. The largest absolute Gasteiger partial charge is 0.383 e. The number of nitrogens with zero attached hydrogens (tertiary/aromatic N) is 1. The van der Waals surface area contributed by atoms with Crippen LogP contribution in [0.5, 0.6) is 0 Å². The molecule has 0 aliphatic rings. The summed E-state index contributed by atoms with van der Waals surface area (Å²) in [5.41, 5.74) is 0.162. The van der Waals surface area contributed by atoms with Gasteiger partial charge in [0, 0.05) is 31.8 Å². The van der Waals surface area contributed by atoms with E-state index in [1.165, 1.54) is 19.2 Å². The zero-order valence-electron chi connectivity index (χ0n) is 11.9. The number of rotatable bonds is 8. The molecule has 1 rings (SSSR count). The topological polar surface area (TPSA) is 93.5 Å². The number of benzene rings is 1. The molecule has 0 aliphatic carbocycles. The number of nitro benzene ring substituents is 1. The summed E-state index contributed by atoms with van der Waals surface area (Å²) in [6.07, 6.45) is 0.798. The smallest absolute Gasteiger partial charge is 0.294 e. The number of anilines is 1. The fraction of sp³-hybridized carbons (Fsp3) is 0.462. The van der Waals surface area contributed by atoms with Crippen LogP contribution < -0.4 is 10.6 Å². The van der Waals surface area contributed by atoms with Crippen LogP contribution in [0.15, 0.2) is 12.1 Å². The fourth-order valence-electron chi connectivity index (χ4n) is 1.66. The average molecular weight is 316 g/mol. The summed E-state index contributed by atoms with van der Waals surface area (Å²) >= 11 is 6.05. The highest BCUT2D eigenvalue weighted by Crippen LogP contribution is 2.33. The van der Waals surface area contributed by atoms with Gasteiger partial charge in [0.05, 0.1) is 16.6 Å². The lowest BCUT2D eigenvalue weighted by Crippen LogP contribution is -2.27. The van der Waals surface area contributed by atoms with Gasteiger partial charge in [-0.1, -0.05) is 18.5 Å². The zero-order chi connectivity index (χ0) is 15.8. The highest BCUT2D eigenvalue weighted by atomic mass is 35.5. The van der Waals surface area contributed by atoms with Crippen LogP contribution in [0.25, 0.3) is 0 Å². The van der Waals surface area contributed by atoms with Crippen LogP contribution in [0.1, 0.15) is 23.7 Å². The maximum Gasteiger partial charge on any atom is 0.294 e. The van der Waals surface area contributed by atoms with Gasteiger partial charge in [-0.3, -0.25) is 14.9 Å². The molecule has 1 aromatic rings. The molecule has 0 bridgehead atoms. The van der Waals surface area contributed by atoms with E-state index in [1.807, 2.05) is 6.92 Å². The van der Waals surface area contributed by atoms with Crippen molar-refractivity contribution in [3.63, 3.8) is 0 Å². The van der Waals surface area contributed by atoms with Gasteiger partial charge in [0.15, 0.2) is 0 Å². The SMILES string of the molecule is CCCNc1c(Cl)cc(C(=O)NCCOC)cc1[N+](=O)[O-]. The summed E-state index contributed by atoms with van der Waals surface area (Å²) in [6.45, 7) is 3.17. The molecule has 8 heteroatoms. The number of hydrogen-bond donors (Lipinski definition) is 2. The van der Waals surface area contributed by atoms with Crippen LogP contribution in [0.2, 0.25) is 5.02 Å². The predicted molar refractivity (Wildman–Crippen MR) is 81.1 cm³/mol. The molecule has 0 aromatic heterocycles. The third-order valence-corrected chi connectivity index (χ3v) is 2.97. The van der Waals surface area contributed by atoms with Crippen molar-refractivity contribution < 1.29 is 14.5 Å². The average Bonchev–Trinajstić information content (AvgIpc) is 2.45. The van der Waals surface area contributed by atoms with Crippen molar-refractivity contribution in [1.29, 1.82) is 0 Å². The highest BCUT2D eigenvalue weighted by Gasteiger charge is 2.21. The number of nitro groups is 1. The van der Waals surface area contributed by atoms with Crippen LogP contribution in [0, 0.1) is 10.1 Å². The molecule has 2 N–H and O–H groups in total. The van der Waals surface area contributed by atoms with E-state index in [1.54, 1.807) is 0 Å². The first-order valence-electron chi connectivity index (χ1n) is 6.50. The van der Waals surface area contributed by atoms with E-state index in [9.17, 15) is 14.9 Å². The number of halogens is 1. The third-order valence-electron chi connectivity index (χ3n) is 2.67. The molecule has 0 saturated heterocycles. The molecular formula is C13H18ClN3O4. The van der Waals surface area contributed by atoms with Crippen LogP contribution in [-0.4, -0.2) is 37.6 Å². The van der Waals surface area contributed by atoms with Crippen LogP contribution >= 0.6 is 11.6 Å². The number of carbonyl (C=O) groups excluding carboxylic acids is 1. The lowest BCUT2D eigenvalue weighted by Gasteiger charge is -2.10. The minimum absolute atomic E-state index is 0.143. The Hall–Kier alpha value is -1.86. The molecule has 0 unspecified atom stereocenters. The molecule has 0 aliphatic heterocycles. The first kappa shape index (κ1) is 17.2. The molecule has 0 atom stereocenters. The summed E-state index contributed by atoms with van der Waals surface area (Å²) in [6, 6.07) is 2.63. The molecule has 0 spiro atoms. The first-order chi connectivity index (χ1) is 10.0. The van der Waals surface area contributed by atoms with Gasteiger partial charge in [0.2, 0.25) is 0 Å². The molecule has 0 fully saturated rings. The second-order valence-corrected chi connectivity index (χ2v) is 4.69. The number of carbonyl (C=O) groups is 1. The van der Waals surface area contributed by atoms with Crippen LogP contribution in [-0.2, 0) is 4.74 Å². The standard InChI is InChI=1S/C13H18ClN3O4/c1-3-4-15-12-10(14)7-9(8-11(12)17(19)20)13(18)16-5-6-21-2/h7-8,15H,3-6H2,1-2H3,(H,16,18). The number of methoxy groups -OCH3 is 1. The Kier molecular flexibility index (Phi) is 6.90. The van der Waals surface area contributed by atoms with Crippen molar-refractivity contribution in [2.75, 3.05) is 32.1 Å². The number of hydrogen-bond acceptors (Lipinski definition) is 5. The van der Waals surface area contributed by atoms with Crippen LogP contribution in [0.3, 0.4) is 0 Å². The molecule has 7 nitrogen and oxygen atoms in total. The fourth-order valence-corrected chi connectivity index (χ4v) is 1.94. The Labute approximate surface area is 127 Å². The maximum atomic E-state index is 11.9. The van der Waals surface area contributed by atoms with E-state index >= 15 is 0 Å². The van der Waals surface area contributed by atoms with Gasteiger partial charge in [-0.15, -0.1) is 0 Å². The van der Waals surface area contributed by atoms with E-state index in [4.69, 9.17) is 16.3 Å². The first-order valence-corrected chi connectivity index (χ1v) is 6.88. The summed E-state index contributed by atoms with van der Waals surface area (Å²) in [7, 11) is 1.52. The van der Waals surface area contributed by atoms with Crippen molar-refractivity contribution in [3.8, 4) is 0 Å². The highest BCUT2D eigenvalue weighted by molar-refractivity contribution is 6.34. The molecule has 1 amide bonds. The lowest BCUT2D eigenvalue weighted by molar-refractivity contribution is -0.384. The van der Waals surface area contributed by atoms with E-state index in [-0.39, 0.29) is 22.0 Å². The molecular weight excluding hydrogens is 298 g/mol. The zero-order valence-corrected chi connectivity index (χ0v) is 12.7. The normalized spacial score (nSPS) is 10.2. The minimum atomic E-state index is -0.560. The lowest BCUT2D eigenvalue weighted by atomic mass is 10.1. The molecule has 1 aromatic carbocycles. The van der Waals surface area contributed by atoms with Gasteiger partial charge < -0.3 is 15.4 Å². The molecule has 0 radical (unpaired) electrons. The van der Waals surface area contributed by atoms with E-state index in [0.29, 0.717) is 19.7 Å². The number of nitrogens with one attached hydrogen (secondary N) is 2. The monoisotopic (exact) mass is 315 g/mol. The Morgan fingerprint density at radius 2 is 2.14 bits per heavy atom. The molecule has 0 heterocycles. The summed E-state index contributed by atoms with van der Waals surface area (Å²) in [5, 5.41) is 16.8. The van der Waals surface area contributed by atoms with E-state index < -0.39 is 10.8 Å². The van der Waals surface area contributed by atoms with Gasteiger partial charge in [0.25, 0.3) is 11.6 Å². The van der Waals surface area contributed by atoms with Crippen molar-refractivity contribution in [2.45, 2.75) is 13.3 Å². The predicted octanol–water partition coefficient (Wildman–Crippen LogP) is 2.45. The second-order valence-electron chi connectivity index (χ2n) is 4.28. The van der Waals surface area contributed by atoms with E-state index in [0.717, 1.165) is 6.42 Å². The number of amides is 1. The van der Waals surface area contributed by atoms with Crippen molar-refractivity contribution >= 4 is 28.9 Å². The molecule has 116 valence electrons. The van der Waals surface area contributed by atoms with Gasteiger partial charge in [-0.25, -0.2) is 0 Å². The van der Waals surface area contributed by atoms with Crippen molar-refractivity contribution in [1.82, 2.24) is 5.32 Å². The summed E-state index contributed by atoms with van der Waals surface area (Å²) in [5.74, 6) is -0.431. The van der Waals surface area contributed by atoms with Gasteiger partial charge in [-0.2, -0.15) is 0 Å². The van der Waals surface area contributed by atoms with E-state index in [2.05, 4.69) is 10.6 Å². The Morgan fingerprint density at radius 3 is 2.71 bits per heavy atom. The van der Waals surface area contributed by atoms with Crippen molar-refractivity contribution in [3.05, 3.63) is 32.8 Å². The summed E-state index contributed by atoms with van der Waals surface area (Å²) < 4.78 is 4.82. The number of ether oxygens (including phenoxy) is 1. The van der Waals surface area contributed by atoms with Gasteiger partial charge in [0.1, 0.15) is 5.69 Å². The molecule has 21 heavy (non-hydrogen) atoms. The summed E-state index contributed by atoms with van der Waals surface area (Å²) in [4.78, 5) is 22.5. The Balaban J connectivity index is 3.03. The quantitative estimate of drug-likeness (QED) is 0.436. The van der Waals surface area contributed by atoms with Gasteiger partial charge in [-0.05, 0) is 12.5 Å². The Bertz CT molecular complexity index is 522. The maximum absolute atomic E-state index is 11.9. The Morgan fingerprint density at radius 1 is 1.43 bits per heavy atom. The van der Waals surface area contributed by atoms with Crippen LogP contribution in [0.4, 0.5) is 11.4 Å². The van der Waals surface area contributed by atoms with Gasteiger partial charge >= 0.3 is 0 Å². The van der Waals surface area contributed by atoms with Crippen molar-refractivity contribution in [2.24, 2.45) is 0 Å². The molecule has 0 saturated carbocycles. The minimum Gasteiger partial charge on any atom is -0.383 e.